The lowest BCUT2D eigenvalue weighted by molar-refractivity contribution is 0.120. The second kappa shape index (κ2) is 6.45. The van der Waals surface area contributed by atoms with Crippen LogP contribution in [0.25, 0.3) is 22.2 Å². The Balaban J connectivity index is 1.75. The van der Waals surface area contributed by atoms with Crippen molar-refractivity contribution in [1.29, 1.82) is 0 Å². The van der Waals surface area contributed by atoms with Crippen LogP contribution in [0.1, 0.15) is 12.8 Å². The standard InChI is InChI=1S/C17H17IN4O/c18-15-13(11-5-2-1-3-6-11)14-16(20-10-21-17(14)22-15)19-9-12-7-4-8-23-12/h1-3,5-6,10,12H,4,7-9H2,(H2,19,20,21,22)/t12-/m0/s1. The molecule has 0 radical (unpaired) electrons. The van der Waals surface area contributed by atoms with Crippen LogP contribution in [-0.4, -0.2) is 34.2 Å². The summed E-state index contributed by atoms with van der Waals surface area (Å²) < 4.78 is 6.77. The minimum Gasteiger partial charge on any atom is -0.376 e. The molecule has 23 heavy (non-hydrogen) atoms. The Hall–Kier alpha value is -1.67. The first-order chi connectivity index (χ1) is 11.3. The molecule has 1 aliphatic rings. The quantitative estimate of drug-likeness (QED) is 0.630. The normalized spacial score (nSPS) is 17.7. The molecule has 0 bridgehead atoms. The summed E-state index contributed by atoms with van der Waals surface area (Å²) in [7, 11) is 0. The molecule has 5 nitrogen and oxygen atoms in total. The Labute approximate surface area is 148 Å². The number of fused-ring (bicyclic) bond motifs is 1. The van der Waals surface area contributed by atoms with Crippen molar-refractivity contribution >= 4 is 39.4 Å². The minimum atomic E-state index is 0.276. The summed E-state index contributed by atoms with van der Waals surface area (Å²) in [4.78, 5) is 12.2. The van der Waals surface area contributed by atoms with E-state index in [1.807, 2.05) is 18.2 Å². The predicted molar refractivity (Wildman–Crippen MR) is 99.5 cm³/mol. The first-order valence-corrected chi connectivity index (χ1v) is 8.84. The molecular weight excluding hydrogens is 403 g/mol. The molecule has 0 unspecified atom stereocenters. The molecule has 3 heterocycles. The molecule has 2 aromatic heterocycles. The summed E-state index contributed by atoms with van der Waals surface area (Å²) in [5, 5.41) is 4.50. The number of nitrogens with zero attached hydrogens (tertiary/aromatic N) is 2. The number of aromatic nitrogens is 3. The highest BCUT2D eigenvalue weighted by atomic mass is 127. The van der Waals surface area contributed by atoms with E-state index in [1.165, 1.54) is 0 Å². The molecule has 0 saturated carbocycles. The van der Waals surface area contributed by atoms with Crippen molar-refractivity contribution in [2.24, 2.45) is 0 Å². The van der Waals surface area contributed by atoms with Crippen LogP contribution in [0.3, 0.4) is 0 Å². The highest BCUT2D eigenvalue weighted by molar-refractivity contribution is 14.1. The number of benzene rings is 1. The number of hydrogen-bond donors (Lipinski definition) is 2. The van der Waals surface area contributed by atoms with E-state index in [-0.39, 0.29) is 6.10 Å². The van der Waals surface area contributed by atoms with E-state index >= 15 is 0 Å². The molecule has 1 fully saturated rings. The number of rotatable bonds is 4. The smallest absolute Gasteiger partial charge is 0.144 e. The van der Waals surface area contributed by atoms with Crippen molar-refractivity contribution in [2.75, 3.05) is 18.5 Å². The SMILES string of the molecule is Ic1[nH]c2ncnc(NC[C@@H]3CCCO3)c2c1-c1ccccc1. The molecule has 0 spiro atoms. The highest BCUT2D eigenvalue weighted by Gasteiger charge is 2.19. The Morgan fingerprint density at radius 2 is 2.13 bits per heavy atom. The maximum atomic E-state index is 5.69. The van der Waals surface area contributed by atoms with E-state index < -0.39 is 0 Å². The van der Waals surface area contributed by atoms with E-state index in [9.17, 15) is 0 Å². The molecule has 4 rings (SSSR count). The van der Waals surface area contributed by atoms with Gasteiger partial charge in [-0.3, -0.25) is 0 Å². The number of nitrogens with one attached hydrogen (secondary N) is 2. The van der Waals surface area contributed by atoms with Gasteiger partial charge in [0.05, 0.1) is 15.2 Å². The molecule has 1 aromatic carbocycles. The predicted octanol–water partition coefficient (Wildman–Crippen LogP) is 3.82. The third-order valence-corrected chi connectivity index (χ3v) is 4.94. The lowest BCUT2D eigenvalue weighted by atomic mass is 10.1. The summed E-state index contributed by atoms with van der Waals surface area (Å²) in [6.45, 7) is 1.64. The summed E-state index contributed by atoms with van der Waals surface area (Å²) >= 11 is 2.32. The van der Waals surface area contributed by atoms with Gasteiger partial charge in [-0.25, -0.2) is 9.97 Å². The van der Waals surface area contributed by atoms with Crippen LogP contribution in [-0.2, 0) is 4.74 Å². The summed E-state index contributed by atoms with van der Waals surface area (Å²) in [6, 6.07) is 10.3. The van der Waals surface area contributed by atoms with Crippen LogP contribution in [0.5, 0.6) is 0 Å². The van der Waals surface area contributed by atoms with Gasteiger partial charge >= 0.3 is 0 Å². The van der Waals surface area contributed by atoms with E-state index in [1.54, 1.807) is 6.33 Å². The Bertz CT molecular complexity index is 812. The third-order valence-electron chi connectivity index (χ3n) is 4.13. The second-order valence-electron chi connectivity index (χ2n) is 5.64. The molecule has 0 amide bonds. The van der Waals surface area contributed by atoms with E-state index in [4.69, 9.17) is 4.74 Å². The van der Waals surface area contributed by atoms with Crippen LogP contribution < -0.4 is 5.32 Å². The molecular formula is C17H17IN4O. The number of H-pyrrole nitrogens is 1. The zero-order valence-electron chi connectivity index (χ0n) is 12.6. The zero-order chi connectivity index (χ0) is 15.6. The van der Waals surface area contributed by atoms with Gasteiger partial charge in [-0.15, -0.1) is 0 Å². The van der Waals surface area contributed by atoms with E-state index in [0.717, 1.165) is 57.7 Å². The van der Waals surface area contributed by atoms with Gasteiger partial charge < -0.3 is 15.0 Å². The largest absolute Gasteiger partial charge is 0.376 e. The van der Waals surface area contributed by atoms with Crippen molar-refractivity contribution in [3.05, 3.63) is 40.4 Å². The average Bonchev–Trinajstić information content (AvgIpc) is 3.20. The van der Waals surface area contributed by atoms with Gasteiger partial charge in [0.1, 0.15) is 17.8 Å². The molecule has 1 atom stereocenters. The fraction of sp³-hybridized carbons (Fsp3) is 0.294. The van der Waals surface area contributed by atoms with Gasteiger partial charge in [-0.05, 0) is 41.0 Å². The van der Waals surface area contributed by atoms with Crippen LogP contribution >= 0.6 is 22.6 Å². The second-order valence-corrected chi connectivity index (χ2v) is 6.72. The number of hydrogen-bond acceptors (Lipinski definition) is 4. The zero-order valence-corrected chi connectivity index (χ0v) is 14.7. The first-order valence-electron chi connectivity index (χ1n) is 7.76. The summed E-state index contributed by atoms with van der Waals surface area (Å²) in [5.74, 6) is 0.864. The lowest BCUT2D eigenvalue weighted by Crippen LogP contribution is -2.19. The van der Waals surface area contributed by atoms with Gasteiger partial charge in [0.15, 0.2) is 0 Å². The minimum absolute atomic E-state index is 0.276. The highest BCUT2D eigenvalue weighted by Crippen LogP contribution is 2.35. The lowest BCUT2D eigenvalue weighted by Gasteiger charge is -2.12. The molecule has 2 N–H and O–H groups in total. The van der Waals surface area contributed by atoms with Crippen LogP contribution in [0.2, 0.25) is 0 Å². The van der Waals surface area contributed by atoms with Crippen LogP contribution in [0.15, 0.2) is 36.7 Å². The van der Waals surface area contributed by atoms with Crippen LogP contribution in [0, 0.1) is 3.70 Å². The maximum Gasteiger partial charge on any atom is 0.144 e. The third kappa shape index (κ3) is 2.92. The van der Waals surface area contributed by atoms with Crippen LogP contribution in [0.4, 0.5) is 5.82 Å². The summed E-state index contributed by atoms with van der Waals surface area (Å²) in [5.41, 5.74) is 3.17. The molecule has 118 valence electrons. The fourth-order valence-corrected chi connectivity index (χ4v) is 3.86. The summed E-state index contributed by atoms with van der Waals surface area (Å²) in [6.07, 6.45) is 4.13. The maximum absolute atomic E-state index is 5.69. The molecule has 1 saturated heterocycles. The Kier molecular flexibility index (Phi) is 4.17. The number of ether oxygens (including phenoxy) is 1. The molecule has 1 aliphatic heterocycles. The van der Waals surface area contributed by atoms with Gasteiger partial charge in [-0.2, -0.15) is 0 Å². The molecule has 6 heteroatoms. The van der Waals surface area contributed by atoms with Gasteiger partial charge in [-0.1, -0.05) is 30.3 Å². The van der Waals surface area contributed by atoms with Gasteiger partial charge in [0.25, 0.3) is 0 Å². The Morgan fingerprint density at radius 1 is 1.26 bits per heavy atom. The van der Waals surface area contributed by atoms with E-state index in [2.05, 4.69) is 55.0 Å². The average molecular weight is 420 g/mol. The van der Waals surface area contributed by atoms with E-state index in [0.29, 0.717) is 0 Å². The van der Waals surface area contributed by atoms with Crippen molar-refractivity contribution in [1.82, 2.24) is 15.0 Å². The van der Waals surface area contributed by atoms with Gasteiger partial charge in [0, 0.05) is 18.7 Å². The molecule has 0 aliphatic carbocycles. The number of halogens is 1. The first kappa shape index (κ1) is 14.9. The molecule has 3 aromatic rings. The van der Waals surface area contributed by atoms with Gasteiger partial charge in [0.2, 0.25) is 0 Å². The Morgan fingerprint density at radius 3 is 2.91 bits per heavy atom. The van der Waals surface area contributed by atoms with Crippen molar-refractivity contribution in [2.45, 2.75) is 18.9 Å². The van der Waals surface area contributed by atoms with Crippen molar-refractivity contribution in [3.8, 4) is 11.1 Å². The monoisotopic (exact) mass is 420 g/mol. The van der Waals surface area contributed by atoms with Crippen molar-refractivity contribution < 1.29 is 4.74 Å². The fourth-order valence-electron chi connectivity index (χ4n) is 3.02. The number of aromatic amines is 1. The topological polar surface area (TPSA) is 62.8 Å². The number of anilines is 1. The van der Waals surface area contributed by atoms with Crippen molar-refractivity contribution in [3.63, 3.8) is 0 Å².